The fourth-order valence-electron chi connectivity index (χ4n) is 2.00. The maximum absolute atomic E-state index is 13.3. The third-order valence-electron chi connectivity index (χ3n) is 2.98. The number of hydrogen-bond acceptors (Lipinski definition) is 3. The molecule has 19 heavy (non-hydrogen) atoms. The first kappa shape index (κ1) is 12.5. The average molecular weight is 293 g/mol. The van der Waals surface area contributed by atoms with Crippen molar-refractivity contribution in [3.05, 3.63) is 44.9 Å². The van der Waals surface area contributed by atoms with E-state index in [0.29, 0.717) is 11.3 Å². The van der Waals surface area contributed by atoms with E-state index in [1.807, 2.05) is 10.8 Å². The minimum Gasteiger partial charge on any atom is -0.331 e. The summed E-state index contributed by atoms with van der Waals surface area (Å²) in [6, 6.07) is 4.63. The Labute approximate surface area is 118 Å². The Morgan fingerprint density at radius 1 is 1.47 bits per heavy atom. The average Bonchev–Trinajstić information content (AvgIpc) is 2.96. The van der Waals surface area contributed by atoms with E-state index in [1.165, 1.54) is 17.0 Å². The lowest BCUT2D eigenvalue weighted by atomic mass is 10.3. The van der Waals surface area contributed by atoms with Gasteiger partial charge in [0.15, 0.2) is 4.77 Å². The molecule has 3 rings (SSSR count). The Bertz CT molecular complexity index is 785. The summed E-state index contributed by atoms with van der Waals surface area (Å²) in [5.41, 5.74) is 1.62. The van der Waals surface area contributed by atoms with Gasteiger partial charge in [0.1, 0.15) is 10.8 Å². The molecule has 98 valence electrons. The zero-order chi connectivity index (χ0) is 13.4. The summed E-state index contributed by atoms with van der Waals surface area (Å²) in [6.45, 7) is 2.68. The second-order valence-electron chi connectivity index (χ2n) is 4.25. The van der Waals surface area contributed by atoms with E-state index in [2.05, 4.69) is 16.9 Å². The predicted molar refractivity (Wildman–Crippen MR) is 77.7 cm³/mol. The highest BCUT2D eigenvalue weighted by atomic mass is 32.1. The van der Waals surface area contributed by atoms with Crippen molar-refractivity contribution in [2.75, 3.05) is 0 Å². The smallest absolute Gasteiger partial charge is 0.178 e. The molecule has 0 amide bonds. The fraction of sp³-hybridized carbons (Fsp3) is 0.231. The molecule has 0 fully saturated rings. The number of nitrogens with one attached hydrogen (secondary N) is 1. The normalized spacial score (nSPS) is 11.3. The topological polar surface area (TPSA) is 33.6 Å². The number of rotatable bonds is 3. The van der Waals surface area contributed by atoms with Gasteiger partial charge in [-0.15, -0.1) is 11.3 Å². The van der Waals surface area contributed by atoms with E-state index in [-0.39, 0.29) is 5.82 Å². The third-order valence-corrected chi connectivity index (χ3v) is 4.43. The summed E-state index contributed by atoms with van der Waals surface area (Å²) in [7, 11) is 0. The molecule has 0 unspecified atom stereocenters. The summed E-state index contributed by atoms with van der Waals surface area (Å²) in [6.07, 6.45) is 2.87. The largest absolute Gasteiger partial charge is 0.331 e. The summed E-state index contributed by atoms with van der Waals surface area (Å²) in [4.78, 5) is 8.70. The van der Waals surface area contributed by atoms with Crippen LogP contribution in [-0.4, -0.2) is 14.5 Å². The molecule has 0 aliphatic heterocycles. The Hall–Kier alpha value is -1.53. The molecule has 1 N–H and O–H groups in total. The number of imidazole rings is 1. The van der Waals surface area contributed by atoms with Crippen LogP contribution in [0.1, 0.15) is 16.8 Å². The first-order valence-corrected chi connectivity index (χ1v) is 7.21. The lowest BCUT2D eigenvalue weighted by Gasteiger charge is -2.01. The molecule has 0 spiro atoms. The van der Waals surface area contributed by atoms with Crippen molar-refractivity contribution in [1.29, 1.82) is 0 Å². The van der Waals surface area contributed by atoms with Crippen LogP contribution >= 0.6 is 23.6 Å². The van der Waals surface area contributed by atoms with Crippen molar-refractivity contribution in [3.8, 4) is 0 Å². The highest BCUT2D eigenvalue weighted by molar-refractivity contribution is 7.71. The second kappa shape index (κ2) is 4.86. The lowest BCUT2D eigenvalue weighted by molar-refractivity contribution is 0.628. The van der Waals surface area contributed by atoms with Gasteiger partial charge >= 0.3 is 0 Å². The Balaban J connectivity index is 2.06. The number of halogens is 1. The van der Waals surface area contributed by atoms with Gasteiger partial charge in [-0.25, -0.2) is 9.37 Å². The summed E-state index contributed by atoms with van der Waals surface area (Å²) in [5.74, 6) is -0.261. The van der Waals surface area contributed by atoms with E-state index in [0.717, 1.165) is 22.5 Å². The minimum absolute atomic E-state index is 0.261. The first-order chi connectivity index (χ1) is 9.17. The number of benzene rings is 1. The molecule has 3 nitrogen and oxygen atoms in total. The third kappa shape index (κ3) is 2.33. The van der Waals surface area contributed by atoms with Gasteiger partial charge in [-0.05, 0) is 36.8 Å². The van der Waals surface area contributed by atoms with Crippen LogP contribution < -0.4 is 0 Å². The Kier molecular flexibility index (Phi) is 3.20. The molecule has 0 atom stereocenters. The maximum atomic E-state index is 13.3. The number of thiazole rings is 1. The van der Waals surface area contributed by atoms with Crippen LogP contribution in [0.25, 0.3) is 11.0 Å². The number of hydrogen-bond donors (Lipinski definition) is 1. The highest BCUT2D eigenvalue weighted by Gasteiger charge is 2.08. The summed E-state index contributed by atoms with van der Waals surface area (Å²) in [5, 5.41) is 0.984. The molecule has 0 saturated heterocycles. The second-order valence-corrected chi connectivity index (χ2v) is 5.84. The van der Waals surface area contributed by atoms with Crippen LogP contribution in [-0.2, 0) is 13.0 Å². The van der Waals surface area contributed by atoms with Gasteiger partial charge in [-0.3, -0.25) is 0 Å². The maximum Gasteiger partial charge on any atom is 0.178 e. The van der Waals surface area contributed by atoms with Crippen molar-refractivity contribution < 1.29 is 4.39 Å². The number of fused-ring (bicyclic) bond motifs is 1. The number of aryl methyl sites for hydroxylation is 1. The molecule has 6 heteroatoms. The van der Waals surface area contributed by atoms with Crippen molar-refractivity contribution in [2.45, 2.75) is 19.9 Å². The molecule has 0 aliphatic rings. The first-order valence-electron chi connectivity index (χ1n) is 5.99. The van der Waals surface area contributed by atoms with Crippen LogP contribution in [0.5, 0.6) is 0 Å². The Morgan fingerprint density at radius 3 is 3.05 bits per heavy atom. The minimum atomic E-state index is -0.261. The predicted octanol–water partition coefficient (Wildman–Crippen LogP) is 3.91. The van der Waals surface area contributed by atoms with Gasteiger partial charge in [0.2, 0.25) is 0 Å². The van der Waals surface area contributed by atoms with Gasteiger partial charge in [0, 0.05) is 11.1 Å². The van der Waals surface area contributed by atoms with Gasteiger partial charge in [0.05, 0.1) is 17.6 Å². The molecule has 0 bridgehead atoms. The molecule has 3 aromatic rings. The monoisotopic (exact) mass is 293 g/mol. The van der Waals surface area contributed by atoms with Crippen molar-refractivity contribution >= 4 is 34.6 Å². The van der Waals surface area contributed by atoms with Crippen LogP contribution in [0.3, 0.4) is 0 Å². The van der Waals surface area contributed by atoms with E-state index >= 15 is 0 Å². The molecule has 1 aromatic carbocycles. The van der Waals surface area contributed by atoms with Crippen molar-refractivity contribution in [3.63, 3.8) is 0 Å². The van der Waals surface area contributed by atoms with Crippen molar-refractivity contribution in [1.82, 2.24) is 14.5 Å². The zero-order valence-electron chi connectivity index (χ0n) is 10.3. The molecule has 0 radical (unpaired) electrons. The standard InChI is InChI=1S/C13H12FN3S2/c1-2-9-6-15-12(19-9)7-17-11-5-8(14)3-4-10(11)16-13(17)18/h3-6H,2,7H2,1H3,(H,16,18). The molecular formula is C13H12FN3S2. The number of H-pyrrole nitrogens is 1. The summed E-state index contributed by atoms with van der Waals surface area (Å²) >= 11 is 6.96. The number of aromatic amines is 1. The fourth-order valence-corrected chi connectivity index (χ4v) is 3.13. The Morgan fingerprint density at radius 2 is 2.32 bits per heavy atom. The van der Waals surface area contributed by atoms with Gasteiger partial charge < -0.3 is 9.55 Å². The number of nitrogens with zero attached hydrogens (tertiary/aromatic N) is 2. The van der Waals surface area contributed by atoms with Crippen LogP contribution in [0, 0.1) is 10.6 Å². The zero-order valence-corrected chi connectivity index (χ0v) is 11.9. The van der Waals surface area contributed by atoms with Gasteiger partial charge in [-0.2, -0.15) is 0 Å². The van der Waals surface area contributed by atoms with E-state index in [1.54, 1.807) is 17.4 Å². The SMILES string of the molecule is CCc1cnc(Cn2c(=S)[nH]c3ccc(F)cc32)s1. The molecule has 2 aromatic heterocycles. The summed E-state index contributed by atoms with van der Waals surface area (Å²) < 4.78 is 15.8. The van der Waals surface area contributed by atoms with Crippen LogP contribution in [0.2, 0.25) is 0 Å². The van der Waals surface area contributed by atoms with E-state index in [4.69, 9.17) is 12.2 Å². The van der Waals surface area contributed by atoms with Crippen LogP contribution in [0.15, 0.2) is 24.4 Å². The molecule has 0 aliphatic carbocycles. The van der Waals surface area contributed by atoms with Crippen LogP contribution in [0.4, 0.5) is 4.39 Å². The van der Waals surface area contributed by atoms with Crippen molar-refractivity contribution in [2.24, 2.45) is 0 Å². The number of aromatic nitrogens is 3. The quantitative estimate of drug-likeness (QED) is 0.743. The van der Waals surface area contributed by atoms with Gasteiger partial charge in [0.25, 0.3) is 0 Å². The molecule has 2 heterocycles. The van der Waals surface area contributed by atoms with E-state index < -0.39 is 0 Å². The van der Waals surface area contributed by atoms with Gasteiger partial charge in [-0.1, -0.05) is 6.92 Å². The molecule has 0 saturated carbocycles. The van der Waals surface area contributed by atoms with E-state index in [9.17, 15) is 4.39 Å². The molecular weight excluding hydrogens is 281 g/mol. The lowest BCUT2D eigenvalue weighted by Crippen LogP contribution is -1.99. The highest BCUT2D eigenvalue weighted by Crippen LogP contribution is 2.20.